The van der Waals surface area contributed by atoms with Crippen LogP contribution in [0.4, 0.5) is 0 Å². The number of hydrogen-bond donors (Lipinski definition) is 0. The summed E-state index contributed by atoms with van der Waals surface area (Å²) in [5.41, 5.74) is 1.21. The summed E-state index contributed by atoms with van der Waals surface area (Å²) in [7, 11) is 3.67. The standard InChI is InChI=1S/C19H28ClNO3/c1-4-24-17-6-5-14(11-16(17)20)13-21-10-9-19(23-3)8-7-15(22-2)12-18(19)21/h5-6,11,15,18H,4,7-10,12-13H2,1-3H3/t15-,18-,19+/m0/s1. The van der Waals surface area contributed by atoms with Crippen LogP contribution in [0.3, 0.4) is 0 Å². The van der Waals surface area contributed by atoms with Gasteiger partial charge in [0.05, 0.1) is 23.3 Å². The van der Waals surface area contributed by atoms with Gasteiger partial charge in [-0.3, -0.25) is 4.90 Å². The molecule has 0 aromatic heterocycles. The topological polar surface area (TPSA) is 30.9 Å². The quantitative estimate of drug-likeness (QED) is 0.776. The molecule has 1 aromatic rings. The second kappa shape index (κ2) is 7.61. The first-order chi connectivity index (χ1) is 11.6. The maximum Gasteiger partial charge on any atom is 0.137 e. The van der Waals surface area contributed by atoms with Crippen molar-refractivity contribution in [3.8, 4) is 5.75 Å². The van der Waals surface area contributed by atoms with Gasteiger partial charge < -0.3 is 14.2 Å². The number of ether oxygens (including phenoxy) is 3. The van der Waals surface area contributed by atoms with Crippen LogP contribution in [0.1, 0.15) is 38.2 Å². The van der Waals surface area contributed by atoms with Crippen LogP contribution in [0.25, 0.3) is 0 Å². The molecule has 0 amide bonds. The molecule has 2 aliphatic rings. The maximum absolute atomic E-state index is 6.34. The number of fused-ring (bicyclic) bond motifs is 1. The van der Waals surface area contributed by atoms with E-state index in [1.54, 1.807) is 0 Å². The van der Waals surface area contributed by atoms with Gasteiger partial charge in [-0.1, -0.05) is 17.7 Å². The molecule has 0 N–H and O–H groups in total. The van der Waals surface area contributed by atoms with Gasteiger partial charge in [-0.2, -0.15) is 0 Å². The Kier molecular flexibility index (Phi) is 5.70. The summed E-state index contributed by atoms with van der Waals surface area (Å²) in [6.45, 7) is 4.54. The molecule has 1 saturated carbocycles. The lowest BCUT2D eigenvalue weighted by atomic mass is 9.79. The van der Waals surface area contributed by atoms with Crippen LogP contribution in [0.2, 0.25) is 5.02 Å². The van der Waals surface area contributed by atoms with Crippen LogP contribution in [0.15, 0.2) is 18.2 Å². The van der Waals surface area contributed by atoms with E-state index in [4.69, 9.17) is 25.8 Å². The zero-order valence-electron chi connectivity index (χ0n) is 14.9. The molecule has 0 radical (unpaired) electrons. The number of halogens is 1. The van der Waals surface area contributed by atoms with Crippen LogP contribution >= 0.6 is 11.6 Å². The first kappa shape index (κ1) is 18.0. The van der Waals surface area contributed by atoms with Crippen molar-refractivity contribution in [1.82, 2.24) is 4.90 Å². The normalized spacial score (nSPS) is 30.3. The number of nitrogens with zero attached hydrogens (tertiary/aromatic N) is 1. The van der Waals surface area contributed by atoms with E-state index < -0.39 is 0 Å². The second-order valence-corrected chi connectivity index (χ2v) is 7.24. The second-order valence-electron chi connectivity index (χ2n) is 6.84. The summed E-state index contributed by atoms with van der Waals surface area (Å²) >= 11 is 6.34. The molecule has 3 atom stereocenters. The van der Waals surface area contributed by atoms with Gasteiger partial charge in [0.2, 0.25) is 0 Å². The van der Waals surface area contributed by atoms with Crippen molar-refractivity contribution in [2.75, 3.05) is 27.4 Å². The van der Waals surface area contributed by atoms with Crippen molar-refractivity contribution >= 4 is 11.6 Å². The minimum Gasteiger partial charge on any atom is -0.492 e. The third kappa shape index (κ3) is 3.43. The third-order valence-corrected chi connectivity index (χ3v) is 5.96. The van der Waals surface area contributed by atoms with E-state index in [0.29, 0.717) is 23.8 Å². The van der Waals surface area contributed by atoms with E-state index in [0.717, 1.165) is 44.5 Å². The minimum absolute atomic E-state index is 0.00983. The van der Waals surface area contributed by atoms with E-state index in [-0.39, 0.29) is 5.60 Å². The predicted molar refractivity (Wildman–Crippen MR) is 95.8 cm³/mol. The summed E-state index contributed by atoms with van der Waals surface area (Å²) in [5, 5.41) is 0.685. The Labute approximate surface area is 150 Å². The van der Waals surface area contributed by atoms with Gasteiger partial charge in [-0.05, 0) is 50.3 Å². The Morgan fingerprint density at radius 3 is 2.79 bits per heavy atom. The highest BCUT2D eigenvalue weighted by atomic mass is 35.5. The molecule has 1 saturated heterocycles. The van der Waals surface area contributed by atoms with Crippen molar-refractivity contribution < 1.29 is 14.2 Å². The highest BCUT2D eigenvalue weighted by Crippen LogP contribution is 2.43. The van der Waals surface area contributed by atoms with E-state index in [1.807, 2.05) is 33.3 Å². The molecule has 1 aromatic carbocycles. The molecule has 1 heterocycles. The number of rotatable bonds is 6. The molecule has 24 heavy (non-hydrogen) atoms. The van der Waals surface area contributed by atoms with Crippen LogP contribution < -0.4 is 4.74 Å². The fraction of sp³-hybridized carbons (Fsp3) is 0.684. The van der Waals surface area contributed by atoms with Crippen LogP contribution in [-0.2, 0) is 16.0 Å². The number of methoxy groups -OCH3 is 2. The summed E-state index contributed by atoms with van der Waals surface area (Å²) in [6, 6.07) is 6.52. The van der Waals surface area contributed by atoms with Crippen LogP contribution in [0.5, 0.6) is 5.75 Å². The molecule has 3 rings (SSSR count). The van der Waals surface area contributed by atoms with Crippen LogP contribution in [-0.4, -0.2) is 50.0 Å². The Balaban J connectivity index is 1.74. The summed E-state index contributed by atoms with van der Waals surface area (Å²) in [4.78, 5) is 2.53. The fourth-order valence-electron chi connectivity index (χ4n) is 4.31. The Morgan fingerprint density at radius 1 is 1.29 bits per heavy atom. The van der Waals surface area contributed by atoms with E-state index >= 15 is 0 Å². The molecule has 134 valence electrons. The minimum atomic E-state index is -0.00983. The van der Waals surface area contributed by atoms with Crippen molar-refractivity contribution in [3.05, 3.63) is 28.8 Å². The summed E-state index contributed by atoms with van der Waals surface area (Å²) in [6.07, 6.45) is 4.63. The number of likely N-dealkylation sites (tertiary alicyclic amines) is 1. The molecule has 0 spiro atoms. The monoisotopic (exact) mass is 353 g/mol. The van der Waals surface area contributed by atoms with Gasteiger partial charge in [-0.25, -0.2) is 0 Å². The van der Waals surface area contributed by atoms with E-state index in [9.17, 15) is 0 Å². The van der Waals surface area contributed by atoms with Gasteiger partial charge in [0, 0.05) is 33.4 Å². The van der Waals surface area contributed by atoms with Crippen molar-refractivity contribution in [2.45, 2.75) is 56.9 Å². The fourth-order valence-corrected chi connectivity index (χ4v) is 4.57. The average Bonchev–Trinajstić information content (AvgIpc) is 2.96. The molecule has 1 aliphatic carbocycles. The van der Waals surface area contributed by atoms with Crippen molar-refractivity contribution in [3.63, 3.8) is 0 Å². The summed E-state index contributed by atoms with van der Waals surface area (Å²) < 4.78 is 17.2. The van der Waals surface area contributed by atoms with Gasteiger partial charge in [-0.15, -0.1) is 0 Å². The zero-order chi connectivity index (χ0) is 17.2. The Hall–Kier alpha value is -0.810. The molecule has 0 bridgehead atoms. The average molecular weight is 354 g/mol. The zero-order valence-corrected chi connectivity index (χ0v) is 15.6. The molecule has 5 heteroatoms. The van der Waals surface area contributed by atoms with E-state index in [2.05, 4.69) is 11.0 Å². The molecule has 1 aliphatic heterocycles. The van der Waals surface area contributed by atoms with Crippen molar-refractivity contribution in [1.29, 1.82) is 0 Å². The maximum atomic E-state index is 6.34. The van der Waals surface area contributed by atoms with Gasteiger partial charge >= 0.3 is 0 Å². The number of hydrogen-bond acceptors (Lipinski definition) is 4. The van der Waals surface area contributed by atoms with Gasteiger partial charge in [0.15, 0.2) is 0 Å². The third-order valence-electron chi connectivity index (χ3n) is 5.67. The summed E-state index contributed by atoms with van der Waals surface area (Å²) in [5.74, 6) is 0.757. The van der Waals surface area contributed by atoms with Crippen molar-refractivity contribution in [2.24, 2.45) is 0 Å². The van der Waals surface area contributed by atoms with Gasteiger partial charge in [0.25, 0.3) is 0 Å². The molecule has 2 fully saturated rings. The van der Waals surface area contributed by atoms with Crippen LogP contribution in [0, 0.1) is 0 Å². The highest BCUT2D eigenvalue weighted by molar-refractivity contribution is 6.32. The smallest absolute Gasteiger partial charge is 0.137 e. The Morgan fingerprint density at radius 2 is 2.12 bits per heavy atom. The lowest BCUT2D eigenvalue weighted by Gasteiger charge is -2.43. The molecule has 0 unspecified atom stereocenters. The SMILES string of the molecule is CCOc1ccc(CN2CC[C@]3(OC)CC[C@H](OC)C[C@H]23)cc1Cl. The highest BCUT2D eigenvalue weighted by Gasteiger charge is 2.50. The lowest BCUT2D eigenvalue weighted by Crippen LogP contribution is -2.51. The first-order valence-corrected chi connectivity index (χ1v) is 9.23. The number of benzene rings is 1. The lowest BCUT2D eigenvalue weighted by molar-refractivity contribution is -0.0947. The molecular formula is C19H28ClNO3. The largest absolute Gasteiger partial charge is 0.492 e. The molecular weight excluding hydrogens is 326 g/mol. The predicted octanol–water partition coefficient (Wildman–Crippen LogP) is 3.90. The molecule has 4 nitrogen and oxygen atoms in total. The first-order valence-electron chi connectivity index (χ1n) is 8.85. The van der Waals surface area contributed by atoms with Gasteiger partial charge in [0.1, 0.15) is 5.75 Å². The van der Waals surface area contributed by atoms with E-state index in [1.165, 1.54) is 5.56 Å². The Bertz CT molecular complexity index is 568.